The fourth-order valence-electron chi connectivity index (χ4n) is 2.13. The summed E-state index contributed by atoms with van der Waals surface area (Å²) in [7, 11) is 1.82. The number of aromatic nitrogens is 3. The number of pyridine rings is 1. The van der Waals surface area contributed by atoms with Crippen molar-refractivity contribution in [3.05, 3.63) is 48.0 Å². The van der Waals surface area contributed by atoms with E-state index in [9.17, 15) is 4.79 Å². The first-order valence-electron chi connectivity index (χ1n) is 6.71. The number of amides is 1. The van der Waals surface area contributed by atoms with Gasteiger partial charge in [-0.05, 0) is 24.6 Å². The largest absolute Gasteiger partial charge is 0.340 e. The lowest BCUT2D eigenvalue weighted by atomic mass is 10.1. The van der Waals surface area contributed by atoms with Crippen molar-refractivity contribution in [3.63, 3.8) is 0 Å². The van der Waals surface area contributed by atoms with Crippen molar-refractivity contribution >= 4 is 5.91 Å². The highest BCUT2D eigenvalue weighted by atomic mass is 16.2. The lowest BCUT2D eigenvalue weighted by Crippen LogP contribution is -2.33. The minimum absolute atomic E-state index is 0.102. The normalized spacial score (nSPS) is 12.2. The number of aryl methyl sites for hydroxylation is 1. The predicted octanol–water partition coefficient (Wildman–Crippen LogP) is 1.88. The molecule has 0 bridgehead atoms. The van der Waals surface area contributed by atoms with E-state index in [0.717, 1.165) is 11.3 Å². The monoisotopic (exact) mass is 272 g/mol. The van der Waals surface area contributed by atoms with E-state index in [1.165, 1.54) is 0 Å². The van der Waals surface area contributed by atoms with Gasteiger partial charge >= 0.3 is 0 Å². The molecule has 2 heterocycles. The highest BCUT2D eigenvalue weighted by Gasteiger charge is 2.19. The molecule has 0 aromatic carbocycles. The third-order valence-corrected chi connectivity index (χ3v) is 3.32. The van der Waals surface area contributed by atoms with Crippen molar-refractivity contribution in [2.45, 2.75) is 26.9 Å². The highest BCUT2D eigenvalue weighted by molar-refractivity contribution is 5.78. The second-order valence-corrected chi connectivity index (χ2v) is 5.09. The van der Waals surface area contributed by atoms with Gasteiger partial charge in [-0.15, -0.1) is 0 Å². The minimum atomic E-state index is -0.107. The van der Waals surface area contributed by atoms with E-state index in [1.807, 2.05) is 45.3 Å². The summed E-state index contributed by atoms with van der Waals surface area (Å²) in [6.45, 7) is 5.06. The average Bonchev–Trinajstić information content (AvgIpc) is 2.93. The van der Waals surface area contributed by atoms with Gasteiger partial charge < -0.3 is 4.90 Å². The maximum atomic E-state index is 12.3. The zero-order valence-electron chi connectivity index (χ0n) is 12.2. The Balaban J connectivity index is 1.96. The number of nitrogens with zero attached hydrogens (tertiary/aromatic N) is 4. The molecule has 1 amide bonds. The number of carbonyl (C=O) groups excluding carboxylic acids is 1. The lowest BCUT2D eigenvalue weighted by molar-refractivity contribution is -0.134. The molecule has 20 heavy (non-hydrogen) atoms. The Hall–Kier alpha value is -2.17. The zero-order valence-corrected chi connectivity index (χ0v) is 12.2. The molecule has 0 unspecified atom stereocenters. The minimum Gasteiger partial charge on any atom is -0.340 e. The Labute approximate surface area is 119 Å². The second kappa shape index (κ2) is 6.32. The molecule has 0 saturated carbocycles. The summed E-state index contributed by atoms with van der Waals surface area (Å²) < 4.78 is 1.78. The van der Waals surface area contributed by atoms with E-state index in [0.29, 0.717) is 13.1 Å². The van der Waals surface area contributed by atoms with Crippen LogP contribution < -0.4 is 0 Å². The molecule has 0 radical (unpaired) electrons. The van der Waals surface area contributed by atoms with Crippen LogP contribution in [0.1, 0.15) is 18.2 Å². The van der Waals surface area contributed by atoms with Crippen molar-refractivity contribution in [1.82, 2.24) is 19.7 Å². The van der Waals surface area contributed by atoms with E-state index in [2.05, 4.69) is 10.1 Å². The first kappa shape index (κ1) is 14.2. The van der Waals surface area contributed by atoms with Crippen LogP contribution in [0.15, 0.2) is 36.8 Å². The van der Waals surface area contributed by atoms with Gasteiger partial charge in [0.2, 0.25) is 5.91 Å². The van der Waals surface area contributed by atoms with Crippen LogP contribution in [-0.4, -0.2) is 32.6 Å². The third-order valence-electron chi connectivity index (χ3n) is 3.32. The fraction of sp³-hybridized carbons (Fsp3) is 0.400. The second-order valence-electron chi connectivity index (χ2n) is 5.09. The molecule has 0 spiro atoms. The molecular formula is C15H20N4O. The number of hydrogen-bond acceptors (Lipinski definition) is 3. The molecule has 0 saturated heterocycles. The molecule has 0 fully saturated rings. The highest BCUT2D eigenvalue weighted by Crippen LogP contribution is 2.10. The summed E-state index contributed by atoms with van der Waals surface area (Å²) in [4.78, 5) is 18.4. The van der Waals surface area contributed by atoms with Gasteiger partial charge in [0.15, 0.2) is 0 Å². The van der Waals surface area contributed by atoms with Crippen molar-refractivity contribution in [2.24, 2.45) is 5.92 Å². The molecular weight excluding hydrogens is 252 g/mol. The van der Waals surface area contributed by atoms with E-state index in [4.69, 9.17) is 0 Å². The van der Waals surface area contributed by atoms with Gasteiger partial charge in [-0.25, -0.2) is 0 Å². The Bertz CT molecular complexity index is 565. The van der Waals surface area contributed by atoms with Crippen molar-refractivity contribution in [3.8, 4) is 0 Å². The summed E-state index contributed by atoms with van der Waals surface area (Å²) in [5, 5.41) is 4.13. The zero-order chi connectivity index (χ0) is 14.5. The lowest BCUT2D eigenvalue weighted by Gasteiger charge is -2.21. The third kappa shape index (κ3) is 3.44. The predicted molar refractivity (Wildman–Crippen MR) is 76.8 cm³/mol. The van der Waals surface area contributed by atoms with Gasteiger partial charge in [0, 0.05) is 25.6 Å². The number of carbonyl (C=O) groups is 1. The van der Waals surface area contributed by atoms with Crippen LogP contribution in [0, 0.1) is 12.8 Å². The van der Waals surface area contributed by atoms with E-state index < -0.39 is 0 Å². The molecule has 5 nitrogen and oxygen atoms in total. The molecule has 0 aliphatic carbocycles. The van der Waals surface area contributed by atoms with Gasteiger partial charge in [0.25, 0.3) is 0 Å². The summed E-state index contributed by atoms with van der Waals surface area (Å²) in [5.41, 5.74) is 2.04. The molecule has 2 rings (SSSR count). The van der Waals surface area contributed by atoms with E-state index in [1.54, 1.807) is 22.0 Å². The van der Waals surface area contributed by atoms with E-state index >= 15 is 0 Å². The first-order valence-corrected chi connectivity index (χ1v) is 6.71. The van der Waals surface area contributed by atoms with Gasteiger partial charge in [0.1, 0.15) is 0 Å². The van der Waals surface area contributed by atoms with Gasteiger partial charge in [-0.2, -0.15) is 5.10 Å². The molecule has 2 aromatic rings. The average molecular weight is 272 g/mol. The Morgan fingerprint density at radius 3 is 2.85 bits per heavy atom. The maximum absolute atomic E-state index is 12.3. The topological polar surface area (TPSA) is 51.0 Å². The van der Waals surface area contributed by atoms with Crippen LogP contribution in [0.5, 0.6) is 0 Å². The summed E-state index contributed by atoms with van der Waals surface area (Å²) in [5.74, 6) is -0.00512. The molecule has 5 heteroatoms. The molecule has 0 aliphatic rings. The SMILES string of the molecule is Cc1cccnc1CN(C)C(=O)[C@H](C)Cn1cccn1. The van der Waals surface area contributed by atoms with Crippen molar-refractivity contribution in [2.75, 3.05) is 7.05 Å². The van der Waals surface area contributed by atoms with Crippen LogP contribution in [0.3, 0.4) is 0 Å². The smallest absolute Gasteiger partial charge is 0.227 e. The maximum Gasteiger partial charge on any atom is 0.227 e. The standard InChI is InChI=1S/C15H20N4O/c1-12-6-4-7-16-14(12)11-18(3)15(20)13(2)10-19-9-5-8-17-19/h4-9,13H,10-11H2,1-3H3/t13-/m1/s1. The van der Waals surface area contributed by atoms with Crippen LogP contribution in [0.25, 0.3) is 0 Å². The molecule has 0 aliphatic heterocycles. The van der Waals surface area contributed by atoms with Crippen LogP contribution in [0.4, 0.5) is 0 Å². The number of hydrogen-bond donors (Lipinski definition) is 0. The quantitative estimate of drug-likeness (QED) is 0.835. The summed E-state index contributed by atoms with van der Waals surface area (Å²) in [6.07, 6.45) is 5.35. The summed E-state index contributed by atoms with van der Waals surface area (Å²) >= 11 is 0. The van der Waals surface area contributed by atoms with E-state index in [-0.39, 0.29) is 11.8 Å². The first-order chi connectivity index (χ1) is 9.58. The fourth-order valence-corrected chi connectivity index (χ4v) is 2.13. The van der Waals surface area contributed by atoms with Crippen LogP contribution in [-0.2, 0) is 17.9 Å². The number of rotatable bonds is 5. The van der Waals surface area contributed by atoms with Crippen molar-refractivity contribution in [1.29, 1.82) is 0 Å². The van der Waals surface area contributed by atoms with Crippen LogP contribution in [0.2, 0.25) is 0 Å². The van der Waals surface area contributed by atoms with Gasteiger partial charge in [-0.1, -0.05) is 13.0 Å². The Morgan fingerprint density at radius 2 is 2.20 bits per heavy atom. The molecule has 106 valence electrons. The van der Waals surface area contributed by atoms with Crippen molar-refractivity contribution < 1.29 is 4.79 Å². The molecule has 1 atom stereocenters. The van der Waals surface area contributed by atoms with Gasteiger partial charge in [-0.3, -0.25) is 14.5 Å². The Kier molecular flexibility index (Phi) is 4.50. The Morgan fingerprint density at radius 1 is 1.40 bits per heavy atom. The van der Waals surface area contributed by atoms with Crippen LogP contribution >= 0.6 is 0 Å². The van der Waals surface area contributed by atoms with Gasteiger partial charge in [0.05, 0.1) is 24.7 Å². The molecule has 2 aromatic heterocycles. The summed E-state index contributed by atoms with van der Waals surface area (Å²) in [6, 6.07) is 5.77. The molecule has 0 N–H and O–H groups in total.